The maximum Gasteiger partial charge on any atom is 0.414 e. The van der Waals surface area contributed by atoms with Gasteiger partial charge in [0.15, 0.2) is 0 Å². The summed E-state index contributed by atoms with van der Waals surface area (Å²) in [6.45, 7) is 5.73. The standard InChI is InChI=1S/C13H21NO2.C2H2O4/c1-11(2)16-13-7-4-6-12(10-13)15-9-5-8-14-3;3-1(4)2(5)6/h4,6-7,10-11,14H,5,8-9H2,1-3H3;(H,3,4)(H,5,6). The Balaban J connectivity index is 0.000000626. The molecule has 0 heterocycles. The lowest BCUT2D eigenvalue weighted by Gasteiger charge is -2.11. The van der Waals surface area contributed by atoms with Crippen molar-refractivity contribution in [2.24, 2.45) is 0 Å². The number of nitrogens with one attached hydrogen (secondary N) is 1. The summed E-state index contributed by atoms with van der Waals surface area (Å²) in [7, 11) is 1.94. The SMILES string of the molecule is CNCCCOc1cccc(OC(C)C)c1.O=C(O)C(=O)O. The number of benzene rings is 1. The Labute approximate surface area is 129 Å². The van der Waals surface area contributed by atoms with Crippen LogP contribution in [0, 0.1) is 0 Å². The molecule has 0 bridgehead atoms. The Kier molecular flexibility index (Phi) is 10.2. The van der Waals surface area contributed by atoms with Gasteiger partial charge in [0.05, 0.1) is 12.7 Å². The molecule has 0 radical (unpaired) electrons. The van der Waals surface area contributed by atoms with Crippen LogP contribution in [0.3, 0.4) is 0 Å². The predicted molar refractivity (Wildman–Crippen MR) is 81.5 cm³/mol. The van der Waals surface area contributed by atoms with Crippen LogP contribution >= 0.6 is 0 Å². The fourth-order valence-corrected chi connectivity index (χ4v) is 1.35. The normalized spacial score (nSPS) is 9.64. The van der Waals surface area contributed by atoms with Crippen LogP contribution in [0.5, 0.6) is 11.5 Å². The third kappa shape index (κ3) is 10.5. The first kappa shape index (κ1) is 19.7. The lowest BCUT2D eigenvalue weighted by atomic mass is 10.3. The minimum Gasteiger partial charge on any atom is -0.493 e. The number of carbonyl (C=O) groups is 2. The van der Waals surface area contributed by atoms with Gasteiger partial charge in [-0.2, -0.15) is 0 Å². The molecule has 0 aliphatic rings. The summed E-state index contributed by atoms with van der Waals surface area (Å²) in [5.41, 5.74) is 0. The molecule has 0 aromatic heterocycles. The molecule has 0 aliphatic carbocycles. The van der Waals surface area contributed by atoms with Gasteiger partial charge in [0.2, 0.25) is 0 Å². The van der Waals surface area contributed by atoms with Crippen LogP contribution in [0.25, 0.3) is 0 Å². The number of hydrogen-bond donors (Lipinski definition) is 3. The maximum atomic E-state index is 9.10. The molecule has 0 spiro atoms. The second kappa shape index (κ2) is 11.4. The van der Waals surface area contributed by atoms with Gasteiger partial charge in [-0.05, 0) is 46.0 Å². The summed E-state index contributed by atoms with van der Waals surface area (Å²) in [6, 6.07) is 7.78. The third-order valence-corrected chi connectivity index (χ3v) is 2.20. The summed E-state index contributed by atoms with van der Waals surface area (Å²) < 4.78 is 11.2. The predicted octanol–water partition coefficient (Wildman–Crippen LogP) is 1.62. The first-order valence-corrected chi connectivity index (χ1v) is 6.87. The van der Waals surface area contributed by atoms with Crippen LogP contribution in [0.4, 0.5) is 0 Å². The fourth-order valence-electron chi connectivity index (χ4n) is 1.35. The molecule has 7 nitrogen and oxygen atoms in total. The molecule has 3 N–H and O–H groups in total. The van der Waals surface area contributed by atoms with Crippen molar-refractivity contribution in [2.75, 3.05) is 20.2 Å². The molecular weight excluding hydrogens is 290 g/mol. The van der Waals surface area contributed by atoms with Crippen LogP contribution in [0.2, 0.25) is 0 Å². The second-order valence-corrected chi connectivity index (χ2v) is 4.56. The number of carboxylic acids is 2. The van der Waals surface area contributed by atoms with E-state index in [1.54, 1.807) is 0 Å². The Morgan fingerprint density at radius 2 is 1.77 bits per heavy atom. The van der Waals surface area contributed by atoms with Crippen molar-refractivity contribution in [2.45, 2.75) is 26.4 Å². The number of carboxylic acid groups (broad SMARTS) is 2. The number of aliphatic carboxylic acids is 2. The van der Waals surface area contributed by atoms with Crippen LogP contribution < -0.4 is 14.8 Å². The molecule has 7 heteroatoms. The van der Waals surface area contributed by atoms with Crippen molar-refractivity contribution in [3.05, 3.63) is 24.3 Å². The monoisotopic (exact) mass is 313 g/mol. The van der Waals surface area contributed by atoms with E-state index < -0.39 is 11.9 Å². The van der Waals surface area contributed by atoms with Crippen molar-refractivity contribution in [3.8, 4) is 11.5 Å². The summed E-state index contributed by atoms with van der Waals surface area (Å²) in [6.07, 6.45) is 1.20. The molecule has 0 amide bonds. The Morgan fingerprint density at radius 1 is 1.18 bits per heavy atom. The van der Waals surface area contributed by atoms with Gasteiger partial charge in [0, 0.05) is 6.07 Å². The molecule has 0 atom stereocenters. The maximum absolute atomic E-state index is 9.10. The molecule has 0 saturated carbocycles. The van der Waals surface area contributed by atoms with Gasteiger partial charge in [-0.3, -0.25) is 0 Å². The summed E-state index contributed by atoms with van der Waals surface area (Å²) in [5.74, 6) is -1.92. The quantitative estimate of drug-likeness (QED) is 0.519. The van der Waals surface area contributed by atoms with Crippen molar-refractivity contribution in [3.63, 3.8) is 0 Å². The van der Waals surface area contributed by atoms with E-state index in [9.17, 15) is 0 Å². The highest BCUT2D eigenvalue weighted by Crippen LogP contribution is 2.20. The highest BCUT2D eigenvalue weighted by molar-refractivity contribution is 6.27. The molecule has 0 saturated heterocycles. The molecule has 0 fully saturated rings. The summed E-state index contributed by atoms with van der Waals surface area (Å²) in [5, 5.41) is 17.9. The molecule has 0 unspecified atom stereocenters. The smallest absolute Gasteiger partial charge is 0.414 e. The van der Waals surface area contributed by atoms with E-state index in [2.05, 4.69) is 5.32 Å². The minimum atomic E-state index is -1.82. The number of rotatable bonds is 7. The van der Waals surface area contributed by atoms with E-state index in [0.717, 1.165) is 31.1 Å². The van der Waals surface area contributed by atoms with Crippen molar-refractivity contribution in [1.82, 2.24) is 5.32 Å². The van der Waals surface area contributed by atoms with Crippen LogP contribution in [0.15, 0.2) is 24.3 Å². The first-order valence-electron chi connectivity index (χ1n) is 6.87. The van der Waals surface area contributed by atoms with Crippen LogP contribution in [-0.2, 0) is 9.59 Å². The van der Waals surface area contributed by atoms with E-state index in [1.807, 2.05) is 45.2 Å². The van der Waals surface area contributed by atoms with Crippen LogP contribution in [-0.4, -0.2) is 48.5 Å². The Hall–Kier alpha value is -2.28. The highest BCUT2D eigenvalue weighted by atomic mass is 16.5. The van der Waals surface area contributed by atoms with Gasteiger partial charge in [-0.15, -0.1) is 0 Å². The topological polar surface area (TPSA) is 105 Å². The number of hydrogen-bond acceptors (Lipinski definition) is 5. The Morgan fingerprint density at radius 3 is 2.27 bits per heavy atom. The highest BCUT2D eigenvalue weighted by Gasteiger charge is 2.04. The lowest BCUT2D eigenvalue weighted by Crippen LogP contribution is -2.11. The largest absolute Gasteiger partial charge is 0.493 e. The average molecular weight is 313 g/mol. The van der Waals surface area contributed by atoms with E-state index >= 15 is 0 Å². The van der Waals surface area contributed by atoms with Gasteiger partial charge >= 0.3 is 11.9 Å². The zero-order valence-electron chi connectivity index (χ0n) is 13.0. The van der Waals surface area contributed by atoms with E-state index in [4.69, 9.17) is 29.3 Å². The minimum absolute atomic E-state index is 0.194. The summed E-state index contributed by atoms with van der Waals surface area (Å²) in [4.78, 5) is 18.2. The summed E-state index contributed by atoms with van der Waals surface area (Å²) >= 11 is 0. The zero-order valence-corrected chi connectivity index (χ0v) is 13.0. The van der Waals surface area contributed by atoms with E-state index in [0.29, 0.717) is 0 Å². The molecule has 124 valence electrons. The van der Waals surface area contributed by atoms with Crippen molar-refractivity contribution < 1.29 is 29.3 Å². The van der Waals surface area contributed by atoms with E-state index in [1.165, 1.54) is 0 Å². The lowest BCUT2D eigenvalue weighted by molar-refractivity contribution is -0.159. The van der Waals surface area contributed by atoms with Gasteiger partial charge in [0.1, 0.15) is 11.5 Å². The second-order valence-electron chi connectivity index (χ2n) is 4.56. The van der Waals surface area contributed by atoms with Gasteiger partial charge in [-0.25, -0.2) is 9.59 Å². The van der Waals surface area contributed by atoms with Crippen molar-refractivity contribution >= 4 is 11.9 Å². The third-order valence-electron chi connectivity index (χ3n) is 2.20. The molecule has 1 aromatic rings. The molecule has 0 aliphatic heterocycles. The fraction of sp³-hybridized carbons (Fsp3) is 0.467. The molecular formula is C15H23NO6. The molecule has 1 aromatic carbocycles. The molecule has 22 heavy (non-hydrogen) atoms. The van der Waals surface area contributed by atoms with E-state index in [-0.39, 0.29) is 6.10 Å². The zero-order chi connectivity index (χ0) is 17.0. The first-order chi connectivity index (χ1) is 10.4. The Bertz CT molecular complexity index is 449. The van der Waals surface area contributed by atoms with Gasteiger partial charge in [0.25, 0.3) is 0 Å². The molecule has 1 rings (SSSR count). The average Bonchev–Trinajstić information content (AvgIpc) is 2.44. The van der Waals surface area contributed by atoms with Gasteiger partial charge in [-0.1, -0.05) is 6.07 Å². The van der Waals surface area contributed by atoms with Gasteiger partial charge < -0.3 is 25.0 Å². The van der Waals surface area contributed by atoms with Crippen molar-refractivity contribution in [1.29, 1.82) is 0 Å². The number of ether oxygens (including phenoxy) is 2. The van der Waals surface area contributed by atoms with Crippen LogP contribution in [0.1, 0.15) is 20.3 Å².